The zero-order chi connectivity index (χ0) is 14.5. The van der Waals surface area contributed by atoms with Crippen LogP contribution in [0.25, 0.3) is 0 Å². The van der Waals surface area contributed by atoms with Crippen LogP contribution >= 0.6 is 15.9 Å². The molecule has 20 heavy (non-hydrogen) atoms. The van der Waals surface area contributed by atoms with Gasteiger partial charge in [-0.25, -0.2) is 4.39 Å². The second-order valence-corrected chi connectivity index (χ2v) is 6.03. The number of halogens is 2. The Morgan fingerprint density at radius 2 is 1.80 bits per heavy atom. The number of aryl methyl sites for hydroxylation is 1. The van der Waals surface area contributed by atoms with Crippen LogP contribution in [0.1, 0.15) is 16.7 Å². The molecule has 0 radical (unpaired) electrons. The highest BCUT2D eigenvalue weighted by Crippen LogP contribution is 2.23. The average molecular weight is 337 g/mol. The summed E-state index contributed by atoms with van der Waals surface area (Å²) in [6.45, 7) is 2.18. The van der Waals surface area contributed by atoms with Gasteiger partial charge in [-0.1, -0.05) is 51.8 Å². The van der Waals surface area contributed by atoms with Crippen molar-refractivity contribution in [3.63, 3.8) is 0 Å². The quantitative estimate of drug-likeness (QED) is 0.863. The van der Waals surface area contributed by atoms with Crippen LogP contribution in [0.3, 0.4) is 0 Å². The third-order valence-corrected chi connectivity index (χ3v) is 4.17. The molecule has 0 heterocycles. The summed E-state index contributed by atoms with van der Waals surface area (Å²) in [5.41, 5.74) is 3.47. The van der Waals surface area contributed by atoms with Crippen LogP contribution in [0.2, 0.25) is 0 Å². The minimum atomic E-state index is -0.250. The van der Waals surface area contributed by atoms with Gasteiger partial charge < -0.3 is 5.11 Å². The standard InChI is InChI=1S/C17H18BrFO/c1-12-2-4-13(5-3-12)8-14(11-20)9-15-6-7-16(19)10-17(15)18/h2-7,10,14,20H,8-9,11H2,1H3. The van der Waals surface area contributed by atoms with Gasteiger partial charge >= 0.3 is 0 Å². The molecule has 2 aromatic carbocycles. The van der Waals surface area contributed by atoms with E-state index in [1.54, 1.807) is 6.07 Å². The average Bonchev–Trinajstić information content (AvgIpc) is 2.43. The molecule has 0 fully saturated rings. The van der Waals surface area contributed by atoms with Crippen LogP contribution in [-0.2, 0) is 12.8 Å². The van der Waals surface area contributed by atoms with Gasteiger partial charge in [-0.15, -0.1) is 0 Å². The van der Waals surface area contributed by atoms with Crippen molar-refractivity contribution in [3.8, 4) is 0 Å². The Hall–Kier alpha value is -1.19. The molecule has 0 aliphatic carbocycles. The van der Waals surface area contributed by atoms with Gasteiger partial charge in [0.05, 0.1) is 0 Å². The summed E-state index contributed by atoms with van der Waals surface area (Å²) in [4.78, 5) is 0. The van der Waals surface area contributed by atoms with Crippen LogP contribution < -0.4 is 0 Å². The second kappa shape index (κ2) is 7.00. The van der Waals surface area contributed by atoms with Crippen molar-refractivity contribution in [1.82, 2.24) is 0 Å². The number of aliphatic hydroxyl groups excluding tert-OH is 1. The molecule has 1 nitrogen and oxygen atoms in total. The largest absolute Gasteiger partial charge is 0.396 e. The summed E-state index contributed by atoms with van der Waals surface area (Å²) in [6, 6.07) is 13.1. The fraction of sp³-hybridized carbons (Fsp3) is 0.294. The second-order valence-electron chi connectivity index (χ2n) is 5.18. The van der Waals surface area contributed by atoms with Gasteiger partial charge in [0.25, 0.3) is 0 Å². The fourth-order valence-electron chi connectivity index (χ4n) is 2.26. The lowest BCUT2D eigenvalue weighted by atomic mass is 9.93. The summed E-state index contributed by atoms with van der Waals surface area (Å²) >= 11 is 3.38. The van der Waals surface area contributed by atoms with Gasteiger partial charge in [0.1, 0.15) is 5.82 Å². The van der Waals surface area contributed by atoms with Crippen LogP contribution in [0.15, 0.2) is 46.9 Å². The molecule has 1 N–H and O–H groups in total. The monoisotopic (exact) mass is 336 g/mol. The first-order valence-corrected chi connectivity index (χ1v) is 7.48. The lowest BCUT2D eigenvalue weighted by molar-refractivity contribution is 0.225. The van der Waals surface area contributed by atoms with Gasteiger partial charge in [-0.3, -0.25) is 0 Å². The fourth-order valence-corrected chi connectivity index (χ4v) is 2.77. The SMILES string of the molecule is Cc1ccc(CC(CO)Cc2ccc(F)cc2Br)cc1. The van der Waals surface area contributed by atoms with E-state index in [2.05, 4.69) is 47.1 Å². The molecule has 1 atom stereocenters. The van der Waals surface area contributed by atoms with E-state index < -0.39 is 0 Å². The van der Waals surface area contributed by atoms with Crippen LogP contribution in [-0.4, -0.2) is 11.7 Å². The van der Waals surface area contributed by atoms with Crippen LogP contribution in [0.4, 0.5) is 4.39 Å². The van der Waals surface area contributed by atoms with Crippen molar-refractivity contribution < 1.29 is 9.50 Å². The topological polar surface area (TPSA) is 20.2 Å². The Labute approximate surface area is 127 Å². The third-order valence-electron chi connectivity index (χ3n) is 3.43. The summed E-state index contributed by atoms with van der Waals surface area (Å²) in [5.74, 6) is -0.112. The zero-order valence-electron chi connectivity index (χ0n) is 11.4. The Bertz CT molecular complexity index is 566. The number of hydrogen-bond acceptors (Lipinski definition) is 1. The number of rotatable bonds is 5. The van der Waals surface area contributed by atoms with Crippen LogP contribution in [0.5, 0.6) is 0 Å². The first kappa shape index (κ1) is 15.2. The lowest BCUT2D eigenvalue weighted by Gasteiger charge is -2.15. The maximum atomic E-state index is 13.1. The molecule has 0 spiro atoms. The summed E-state index contributed by atoms with van der Waals surface area (Å²) in [7, 11) is 0. The van der Waals surface area contributed by atoms with Gasteiger partial charge in [-0.05, 0) is 48.9 Å². The van der Waals surface area contributed by atoms with Gasteiger partial charge in [0.15, 0.2) is 0 Å². The maximum Gasteiger partial charge on any atom is 0.124 e. The van der Waals surface area contributed by atoms with Crippen molar-refractivity contribution in [2.24, 2.45) is 5.92 Å². The smallest absolute Gasteiger partial charge is 0.124 e. The van der Waals surface area contributed by atoms with Crippen molar-refractivity contribution in [2.45, 2.75) is 19.8 Å². The zero-order valence-corrected chi connectivity index (χ0v) is 13.0. The molecule has 3 heteroatoms. The van der Waals surface area contributed by atoms with E-state index in [1.165, 1.54) is 23.3 Å². The van der Waals surface area contributed by atoms with Gasteiger partial charge in [-0.2, -0.15) is 0 Å². The van der Waals surface area contributed by atoms with Crippen molar-refractivity contribution >= 4 is 15.9 Å². The molecule has 0 aliphatic heterocycles. The molecule has 1 unspecified atom stereocenters. The molecule has 0 amide bonds. The van der Waals surface area contributed by atoms with Crippen molar-refractivity contribution in [3.05, 3.63) is 69.4 Å². The minimum absolute atomic E-state index is 0.123. The maximum absolute atomic E-state index is 13.1. The normalized spacial score (nSPS) is 12.4. The number of benzene rings is 2. The molecule has 0 aliphatic rings. The Morgan fingerprint density at radius 3 is 2.40 bits per heavy atom. The van der Waals surface area contributed by atoms with Crippen molar-refractivity contribution in [2.75, 3.05) is 6.61 Å². The molecule has 0 aromatic heterocycles. The van der Waals surface area contributed by atoms with Gasteiger partial charge in [0, 0.05) is 11.1 Å². The van der Waals surface area contributed by atoms with E-state index in [0.29, 0.717) is 0 Å². The van der Waals surface area contributed by atoms with Gasteiger partial charge in [0.2, 0.25) is 0 Å². The first-order chi connectivity index (χ1) is 9.58. The molecular weight excluding hydrogens is 319 g/mol. The highest BCUT2D eigenvalue weighted by molar-refractivity contribution is 9.10. The van der Waals surface area contributed by atoms with E-state index >= 15 is 0 Å². The summed E-state index contributed by atoms with van der Waals surface area (Å²) in [5, 5.41) is 9.56. The summed E-state index contributed by atoms with van der Waals surface area (Å²) < 4.78 is 13.8. The molecule has 0 saturated carbocycles. The predicted octanol–water partition coefficient (Wildman–Crippen LogP) is 4.29. The van der Waals surface area contributed by atoms with E-state index in [-0.39, 0.29) is 18.3 Å². The summed E-state index contributed by atoms with van der Waals surface area (Å²) in [6.07, 6.45) is 1.55. The Morgan fingerprint density at radius 1 is 1.10 bits per heavy atom. The molecule has 0 bridgehead atoms. The first-order valence-electron chi connectivity index (χ1n) is 6.69. The molecule has 106 valence electrons. The molecular formula is C17H18BrFO. The highest BCUT2D eigenvalue weighted by Gasteiger charge is 2.12. The number of hydrogen-bond donors (Lipinski definition) is 1. The lowest BCUT2D eigenvalue weighted by Crippen LogP contribution is -2.13. The van der Waals surface area contributed by atoms with Crippen LogP contribution in [0, 0.1) is 18.7 Å². The molecule has 2 aromatic rings. The van der Waals surface area contributed by atoms with E-state index in [1.807, 2.05) is 0 Å². The highest BCUT2D eigenvalue weighted by atomic mass is 79.9. The van der Waals surface area contributed by atoms with E-state index in [9.17, 15) is 9.50 Å². The van der Waals surface area contributed by atoms with E-state index in [4.69, 9.17) is 0 Å². The Kier molecular flexibility index (Phi) is 5.32. The number of aliphatic hydroxyl groups is 1. The van der Waals surface area contributed by atoms with E-state index in [0.717, 1.165) is 22.9 Å². The molecule has 2 rings (SSSR count). The third kappa shape index (κ3) is 4.15. The Balaban J connectivity index is 2.07. The molecule has 0 saturated heterocycles. The predicted molar refractivity (Wildman–Crippen MR) is 83.3 cm³/mol. The minimum Gasteiger partial charge on any atom is -0.396 e. The van der Waals surface area contributed by atoms with Crippen molar-refractivity contribution in [1.29, 1.82) is 0 Å².